The van der Waals surface area contributed by atoms with Gasteiger partial charge in [0.15, 0.2) is 5.82 Å². The molecule has 0 aliphatic carbocycles. The Bertz CT molecular complexity index is 952. The zero-order valence-corrected chi connectivity index (χ0v) is 16.2. The Morgan fingerprint density at radius 1 is 1.30 bits per heavy atom. The predicted octanol–water partition coefficient (Wildman–Crippen LogP) is 2.76. The number of benzene rings is 1. The molecule has 2 amide bonds. The smallest absolute Gasteiger partial charge is 0.251 e. The Morgan fingerprint density at radius 3 is 2.70 bits per heavy atom. The van der Waals surface area contributed by atoms with Crippen LogP contribution in [-0.4, -0.2) is 39.4 Å². The maximum absolute atomic E-state index is 12.4. The minimum atomic E-state index is -0.579. The summed E-state index contributed by atoms with van der Waals surface area (Å²) >= 11 is 2.45. The lowest BCUT2D eigenvalue weighted by atomic mass is 10.2. The lowest BCUT2D eigenvalue weighted by Crippen LogP contribution is -2.23. The quantitative estimate of drug-likeness (QED) is 0.521. The molecule has 8 nitrogen and oxygen atoms in total. The molecule has 27 heavy (non-hydrogen) atoms. The summed E-state index contributed by atoms with van der Waals surface area (Å²) in [6.07, 6.45) is 0. The minimum absolute atomic E-state index is 0.263. The summed E-state index contributed by atoms with van der Waals surface area (Å²) in [6.45, 7) is 1.74. The van der Waals surface area contributed by atoms with Crippen LogP contribution in [0.2, 0.25) is 0 Å². The second kappa shape index (κ2) is 8.23. The number of methoxy groups -OCH3 is 1. The van der Waals surface area contributed by atoms with Crippen molar-refractivity contribution in [1.82, 2.24) is 15.2 Å². The molecule has 0 aliphatic heterocycles. The molecule has 4 N–H and O–H groups in total. The van der Waals surface area contributed by atoms with Crippen molar-refractivity contribution in [2.45, 2.75) is 17.3 Å². The number of aromatic amines is 1. The third-order valence-corrected chi connectivity index (χ3v) is 5.44. The highest BCUT2D eigenvalue weighted by atomic mass is 32.2. The summed E-state index contributed by atoms with van der Waals surface area (Å²) in [7, 11) is 1.60. The number of carbonyl (C=O) groups is 2. The van der Waals surface area contributed by atoms with Gasteiger partial charge >= 0.3 is 0 Å². The molecule has 0 spiro atoms. The number of nitrogens with one attached hydrogen (secondary N) is 2. The summed E-state index contributed by atoms with van der Waals surface area (Å²) in [5, 5.41) is 11.8. The SMILES string of the molecule is COc1ccc(-c2nc(S[C@@H](C)C(=O)Nc3sccc3C(N)=O)n[nH]2)cc1. The molecule has 0 unspecified atom stereocenters. The summed E-state index contributed by atoms with van der Waals surface area (Å²) in [5.41, 5.74) is 6.44. The molecule has 0 fully saturated rings. The van der Waals surface area contributed by atoms with Crippen molar-refractivity contribution in [3.8, 4) is 17.1 Å². The van der Waals surface area contributed by atoms with Crippen molar-refractivity contribution in [2.75, 3.05) is 12.4 Å². The van der Waals surface area contributed by atoms with E-state index < -0.39 is 11.2 Å². The predicted molar refractivity (Wildman–Crippen MR) is 105 cm³/mol. The third-order valence-electron chi connectivity index (χ3n) is 3.65. The number of ether oxygens (including phenoxy) is 1. The number of nitrogens with zero attached hydrogens (tertiary/aromatic N) is 2. The van der Waals surface area contributed by atoms with Crippen LogP contribution in [0.1, 0.15) is 17.3 Å². The number of hydrogen-bond donors (Lipinski definition) is 3. The first-order valence-electron chi connectivity index (χ1n) is 7.89. The van der Waals surface area contributed by atoms with Gasteiger partial charge in [-0.3, -0.25) is 14.7 Å². The van der Waals surface area contributed by atoms with Crippen molar-refractivity contribution < 1.29 is 14.3 Å². The molecule has 140 valence electrons. The number of carbonyl (C=O) groups excluding carboxylic acids is 2. The summed E-state index contributed by atoms with van der Waals surface area (Å²) in [6, 6.07) is 8.98. The Morgan fingerprint density at radius 2 is 2.04 bits per heavy atom. The molecular weight excluding hydrogens is 386 g/mol. The van der Waals surface area contributed by atoms with Gasteiger partial charge in [-0.1, -0.05) is 11.8 Å². The van der Waals surface area contributed by atoms with E-state index in [0.717, 1.165) is 11.3 Å². The fraction of sp³-hybridized carbons (Fsp3) is 0.176. The lowest BCUT2D eigenvalue weighted by Gasteiger charge is -2.09. The monoisotopic (exact) mass is 403 g/mol. The molecule has 3 aromatic rings. The number of anilines is 1. The molecule has 0 saturated heterocycles. The number of primary amides is 1. The molecule has 2 heterocycles. The van der Waals surface area contributed by atoms with Gasteiger partial charge in [-0.25, -0.2) is 4.98 Å². The van der Waals surface area contributed by atoms with E-state index in [2.05, 4.69) is 20.5 Å². The number of hydrogen-bond acceptors (Lipinski definition) is 7. The second-order valence-corrected chi connectivity index (χ2v) is 7.70. The van der Waals surface area contributed by atoms with Crippen LogP contribution in [0.4, 0.5) is 5.00 Å². The van der Waals surface area contributed by atoms with Crippen molar-refractivity contribution in [3.05, 3.63) is 41.3 Å². The first-order valence-corrected chi connectivity index (χ1v) is 9.65. The van der Waals surface area contributed by atoms with Crippen LogP contribution >= 0.6 is 23.1 Å². The Balaban J connectivity index is 1.64. The van der Waals surface area contributed by atoms with Crippen molar-refractivity contribution in [2.24, 2.45) is 5.73 Å². The highest BCUT2D eigenvalue weighted by Crippen LogP contribution is 2.27. The van der Waals surface area contributed by atoms with E-state index in [1.54, 1.807) is 25.5 Å². The molecule has 0 saturated carbocycles. The maximum atomic E-state index is 12.4. The summed E-state index contributed by atoms with van der Waals surface area (Å²) < 4.78 is 5.13. The third kappa shape index (κ3) is 4.47. The van der Waals surface area contributed by atoms with Crippen LogP contribution < -0.4 is 15.8 Å². The fourth-order valence-corrected chi connectivity index (χ4v) is 3.72. The number of aromatic nitrogens is 3. The molecule has 1 aromatic carbocycles. The van der Waals surface area contributed by atoms with E-state index in [0.29, 0.717) is 21.5 Å². The molecule has 2 aromatic heterocycles. The number of nitrogens with two attached hydrogens (primary N) is 1. The number of thioether (sulfide) groups is 1. The topological polar surface area (TPSA) is 123 Å². The number of thiophene rings is 1. The standard InChI is InChI=1S/C17H17N5O3S2/c1-9(15(24)20-16-12(13(18)23)7-8-26-16)27-17-19-14(21-22-17)10-3-5-11(25-2)6-4-10/h3-9H,1-2H3,(H2,18,23)(H,20,24)(H,19,21,22)/t9-/m0/s1. The first kappa shape index (κ1) is 18.9. The normalized spacial score (nSPS) is 11.8. The van der Waals surface area contributed by atoms with Crippen molar-refractivity contribution in [1.29, 1.82) is 0 Å². The Kier molecular flexibility index (Phi) is 5.77. The van der Waals surface area contributed by atoms with Crippen LogP contribution in [0.3, 0.4) is 0 Å². The van der Waals surface area contributed by atoms with E-state index in [9.17, 15) is 9.59 Å². The molecule has 3 rings (SSSR count). The average molecular weight is 403 g/mol. The van der Waals surface area contributed by atoms with Crippen LogP contribution in [0.5, 0.6) is 5.75 Å². The molecule has 10 heteroatoms. The van der Waals surface area contributed by atoms with Crippen LogP contribution in [0.25, 0.3) is 11.4 Å². The van der Waals surface area contributed by atoms with Gasteiger partial charge in [0.25, 0.3) is 5.91 Å². The number of rotatable bonds is 7. The molecular formula is C17H17N5O3S2. The lowest BCUT2D eigenvalue weighted by molar-refractivity contribution is -0.115. The van der Waals surface area contributed by atoms with Crippen LogP contribution in [-0.2, 0) is 4.79 Å². The van der Waals surface area contributed by atoms with Gasteiger partial charge in [0.1, 0.15) is 10.8 Å². The van der Waals surface area contributed by atoms with Crippen LogP contribution in [0, 0.1) is 0 Å². The van der Waals surface area contributed by atoms with Gasteiger partial charge < -0.3 is 15.8 Å². The summed E-state index contributed by atoms with van der Waals surface area (Å²) in [5.74, 6) is 0.509. The van der Waals surface area contributed by atoms with Crippen molar-refractivity contribution >= 4 is 39.9 Å². The molecule has 0 bridgehead atoms. The van der Waals surface area contributed by atoms with E-state index in [4.69, 9.17) is 10.5 Å². The maximum Gasteiger partial charge on any atom is 0.251 e. The van der Waals surface area contributed by atoms with E-state index in [-0.39, 0.29) is 5.91 Å². The van der Waals surface area contributed by atoms with Gasteiger partial charge in [-0.15, -0.1) is 16.4 Å². The number of amides is 2. The zero-order valence-electron chi connectivity index (χ0n) is 14.6. The molecule has 1 atom stereocenters. The summed E-state index contributed by atoms with van der Waals surface area (Å²) in [4.78, 5) is 28.1. The van der Waals surface area contributed by atoms with Gasteiger partial charge in [-0.2, -0.15) is 0 Å². The average Bonchev–Trinajstić information content (AvgIpc) is 3.31. The van der Waals surface area contributed by atoms with Gasteiger partial charge in [-0.05, 0) is 42.6 Å². The van der Waals surface area contributed by atoms with E-state index in [1.165, 1.54) is 23.1 Å². The van der Waals surface area contributed by atoms with Crippen molar-refractivity contribution in [3.63, 3.8) is 0 Å². The van der Waals surface area contributed by atoms with Gasteiger partial charge in [0.05, 0.1) is 17.9 Å². The molecule has 0 radical (unpaired) electrons. The second-order valence-electron chi connectivity index (χ2n) is 5.47. The van der Waals surface area contributed by atoms with Gasteiger partial charge in [0, 0.05) is 5.56 Å². The largest absolute Gasteiger partial charge is 0.497 e. The van der Waals surface area contributed by atoms with E-state index >= 15 is 0 Å². The highest BCUT2D eigenvalue weighted by molar-refractivity contribution is 8.00. The minimum Gasteiger partial charge on any atom is -0.497 e. The van der Waals surface area contributed by atoms with Gasteiger partial charge in [0.2, 0.25) is 11.1 Å². The van der Waals surface area contributed by atoms with E-state index in [1.807, 2.05) is 24.3 Å². The van der Waals surface area contributed by atoms with Crippen LogP contribution in [0.15, 0.2) is 40.9 Å². The molecule has 0 aliphatic rings. The zero-order chi connectivity index (χ0) is 19.4. The fourth-order valence-electron chi connectivity index (χ4n) is 2.20. The number of H-pyrrole nitrogens is 1. The Hall–Kier alpha value is -2.85. The Labute approximate surface area is 163 Å². The highest BCUT2D eigenvalue weighted by Gasteiger charge is 2.20. The first-order chi connectivity index (χ1) is 13.0.